The number of nitrogens with zero attached hydrogens (tertiary/aromatic N) is 1. The summed E-state index contributed by atoms with van der Waals surface area (Å²) in [4.78, 5) is 2.39. The molecule has 0 spiro atoms. The van der Waals surface area contributed by atoms with Crippen LogP contribution in [0.5, 0.6) is 0 Å². The van der Waals surface area contributed by atoms with Crippen LogP contribution in [0.4, 0.5) is 17.1 Å². The standard InChI is InChI=1S/C50H39NO/c1-30-10-6-8-12-46(30)51(48-31(2)14-23-41-40-11-7-9-13-47(40)52-49(41)48)39-22-19-35-27-43-44-28-36-24-33(32-17-20-38(21-18-32)50(3,4)5)15-16-34(36)26-42(44)45(43)29-37(35)25-39/h6-29H,1-5H3. The summed E-state index contributed by atoms with van der Waals surface area (Å²) in [6, 6.07) is 53.8. The zero-order valence-corrected chi connectivity index (χ0v) is 30.2. The van der Waals surface area contributed by atoms with Crippen LogP contribution in [0.25, 0.3) is 76.9 Å². The van der Waals surface area contributed by atoms with Gasteiger partial charge in [-0.25, -0.2) is 0 Å². The van der Waals surface area contributed by atoms with E-state index in [2.05, 4.69) is 179 Å². The molecule has 0 aliphatic heterocycles. The molecule has 1 aliphatic carbocycles. The number of rotatable bonds is 4. The van der Waals surface area contributed by atoms with E-state index in [1.54, 1.807) is 0 Å². The molecule has 0 atom stereocenters. The van der Waals surface area contributed by atoms with Crippen molar-refractivity contribution in [1.82, 2.24) is 0 Å². The number of benzene rings is 8. The number of hydrogen-bond acceptors (Lipinski definition) is 2. The Hall–Kier alpha value is -6.12. The summed E-state index contributed by atoms with van der Waals surface area (Å²) >= 11 is 0. The zero-order valence-electron chi connectivity index (χ0n) is 30.2. The molecule has 0 radical (unpaired) electrons. The van der Waals surface area contributed by atoms with Gasteiger partial charge in [0.05, 0.1) is 5.69 Å². The van der Waals surface area contributed by atoms with E-state index in [1.165, 1.54) is 66.1 Å². The average Bonchev–Trinajstić information content (AvgIpc) is 3.53. The second-order valence-corrected chi connectivity index (χ2v) is 15.5. The molecule has 0 saturated heterocycles. The molecule has 0 fully saturated rings. The summed E-state index contributed by atoms with van der Waals surface area (Å²) in [7, 11) is 0. The monoisotopic (exact) mass is 669 g/mol. The van der Waals surface area contributed by atoms with Crippen molar-refractivity contribution < 1.29 is 4.42 Å². The molecule has 9 aromatic rings. The topological polar surface area (TPSA) is 16.4 Å². The molecule has 0 amide bonds. The molecule has 1 aliphatic rings. The Balaban J connectivity index is 1.08. The van der Waals surface area contributed by atoms with Crippen molar-refractivity contribution in [3.8, 4) is 33.4 Å². The van der Waals surface area contributed by atoms with Crippen molar-refractivity contribution in [3.05, 3.63) is 162 Å². The fourth-order valence-corrected chi connectivity index (χ4v) is 8.25. The molecular formula is C50H39NO. The third kappa shape index (κ3) is 4.71. The van der Waals surface area contributed by atoms with Gasteiger partial charge in [0.15, 0.2) is 5.58 Å². The van der Waals surface area contributed by atoms with E-state index in [9.17, 15) is 0 Å². The fourth-order valence-electron chi connectivity index (χ4n) is 8.25. The minimum Gasteiger partial charge on any atom is -0.454 e. The molecule has 8 aromatic carbocycles. The Kier molecular flexibility index (Phi) is 6.60. The smallest absolute Gasteiger partial charge is 0.159 e. The van der Waals surface area contributed by atoms with E-state index in [0.717, 1.165) is 44.6 Å². The first-order chi connectivity index (χ1) is 25.2. The first kappa shape index (κ1) is 30.7. The molecule has 2 heteroatoms. The summed E-state index contributed by atoms with van der Waals surface area (Å²) < 4.78 is 6.64. The quantitative estimate of drug-likeness (QED) is 0.185. The van der Waals surface area contributed by atoms with Crippen LogP contribution in [0.15, 0.2) is 150 Å². The van der Waals surface area contributed by atoms with Gasteiger partial charge in [-0.3, -0.25) is 0 Å². The molecule has 250 valence electrons. The van der Waals surface area contributed by atoms with Crippen molar-refractivity contribution >= 4 is 60.5 Å². The summed E-state index contributed by atoms with van der Waals surface area (Å²) in [5.74, 6) is 0. The maximum atomic E-state index is 6.64. The summed E-state index contributed by atoms with van der Waals surface area (Å²) in [6.45, 7) is 11.2. The van der Waals surface area contributed by atoms with Crippen molar-refractivity contribution in [2.45, 2.75) is 40.0 Å². The first-order valence-corrected chi connectivity index (χ1v) is 18.3. The van der Waals surface area contributed by atoms with Crippen LogP contribution < -0.4 is 4.90 Å². The van der Waals surface area contributed by atoms with Crippen LogP contribution in [0.2, 0.25) is 0 Å². The van der Waals surface area contributed by atoms with Crippen molar-refractivity contribution in [1.29, 1.82) is 0 Å². The Labute approximate surface area is 304 Å². The lowest BCUT2D eigenvalue weighted by molar-refractivity contribution is 0.590. The largest absolute Gasteiger partial charge is 0.454 e. The third-order valence-electron chi connectivity index (χ3n) is 11.2. The molecule has 1 aromatic heterocycles. The molecule has 2 nitrogen and oxygen atoms in total. The Morgan fingerprint density at radius 1 is 0.481 bits per heavy atom. The summed E-state index contributed by atoms with van der Waals surface area (Å²) in [6.07, 6.45) is 0. The van der Waals surface area contributed by atoms with E-state index < -0.39 is 0 Å². The first-order valence-electron chi connectivity index (χ1n) is 18.3. The number of aryl methyl sites for hydroxylation is 2. The van der Waals surface area contributed by atoms with Crippen LogP contribution in [0.1, 0.15) is 37.5 Å². The van der Waals surface area contributed by atoms with Gasteiger partial charge >= 0.3 is 0 Å². The van der Waals surface area contributed by atoms with Gasteiger partial charge in [-0.15, -0.1) is 0 Å². The van der Waals surface area contributed by atoms with Gasteiger partial charge < -0.3 is 9.32 Å². The lowest BCUT2D eigenvalue weighted by Crippen LogP contribution is -2.13. The van der Waals surface area contributed by atoms with Gasteiger partial charge in [-0.2, -0.15) is 0 Å². The normalized spacial score (nSPS) is 12.3. The predicted octanol–water partition coefficient (Wildman–Crippen LogP) is 14.6. The second-order valence-electron chi connectivity index (χ2n) is 15.5. The highest BCUT2D eigenvalue weighted by Gasteiger charge is 2.26. The average molecular weight is 670 g/mol. The van der Waals surface area contributed by atoms with Crippen LogP contribution in [-0.2, 0) is 5.41 Å². The lowest BCUT2D eigenvalue weighted by Gasteiger charge is -2.29. The van der Waals surface area contributed by atoms with E-state index in [1.807, 2.05) is 6.07 Å². The van der Waals surface area contributed by atoms with Crippen molar-refractivity contribution in [2.24, 2.45) is 0 Å². The van der Waals surface area contributed by atoms with Crippen LogP contribution >= 0.6 is 0 Å². The van der Waals surface area contributed by atoms with Crippen molar-refractivity contribution in [3.63, 3.8) is 0 Å². The van der Waals surface area contributed by atoms with Gasteiger partial charge in [0.1, 0.15) is 5.58 Å². The third-order valence-corrected chi connectivity index (χ3v) is 11.2. The minimum absolute atomic E-state index is 0.146. The zero-order chi connectivity index (χ0) is 35.3. The van der Waals surface area contributed by atoms with Gasteiger partial charge in [-0.1, -0.05) is 112 Å². The molecule has 0 bridgehead atoms. The number of furan rings is 1. The molecule has 10 rings (SSSR count). The van der Waals surface area contributed by atoms with E-state index in [0.29, 0.717) is 0 Å². The Morgan fingerprint density at radius 3 is 1.81 bits per heavy atom. The number of fused-ring (bicyclic) bond motifs is 9. The maximum Gasteiger partial charge on any atom is 0.159 e. The Morgan fingerprint density at radius 2 is 1.10 bits per heavy atom. The number of hydrogen-bond donors (Lipinski definition) is 0. The van der Waals surface area contributed by atoms with E-state index in [4.69, 9.17) is 4.42 Å². The second kappa shape index (κ2) is 11.2. The predicted molar refractivity (Wildman–Crippen MR) is 221 cm³/mol. The van der Waals surface area contributed by atoms with E-state index in [-0.39, 0.29) is 5.41 Å². The highest BCUT2D eigenvalue weighted by Crippen LogP contribution is 2.52. The maximum absolute atomic E-state index is 6.64. The van der Waals surface area contributed by atoms with Crippen LogP contribution in [0, 0.1) is 13.8 Å². The number of anilines is 3. The Bertz CT molecular complexity index is 2900. The molecule has 0 N–H and O–H groups in total. The summed E-state index contributed by atoms with van der Waals surface area (Å²) in [5.41, 5.74) is 16.8. The highest BCUT2D eigenvalue weighted by molar-refractivity contribution is 6.14. The van der Waals surface area contributed by atoms with Crippen LogP contribution in [0.3, 0.4) is 0 Å². The van der Waals surface area contributed by atoms with E-state index >= 15 is 0 Å². The van der Waals surface area contributed by atoms with Gasteiger partial charge in [0, 0.05) is 22.1 Å². The summed E-state index contributed by atoms with van der Waals surface area (Å²) in [5, 5.41) is 7.29. The molecule has 0 unspecified atom stereocenters. The van der Waals surface area contributed by atoms with Crippen molar-refractivity contribution in [2.75, 3.05) is 4.90 Å². The van der Waals surface area contributed by atoms with Gasteiger partial charge in [0.25, 0.3) is 0 Å². The minimum atomic E-state index is 0.146. The fraction of sp³-hybridized carbons (Fsp3) is 0.120. The van der Waals surface area contributed by atoms with Gasteiger partial charge in [-0.05, 0) is 145 Å². The van der Waals surface area contributed by atoms with Crippen LogP contribution in [-0.4, -0.2) is 0 Å². The molecule has 1 heterocycles. The number of para-hydroxylation sites is 2. The SMILES string of the molecule is Cc1ccccc1N(c1ccc2cc3c(cc2c1)-c1cc2ccc(-c4ccc(C(C)(C)C)cc4)cc2cc1-3)c1c(C)ccc2c1oc1ccccc12. The highest BCUT2D eigenvalue weighted by atomic mass is 16.3. The molecular weight excluding hydrogens is 631 g/mol. The molecule has 52 heavy (non-hydrogen) atoms. The molecule has 0 saturated carbocycles. The van der Waals surface area contributed by atoms with Gasteiger partial charge in [0.2, 0.25) is 0 Å². The lowest BCUT2D eigenvalue weighted by atomic mass is 9.77.